The molecule has 0 aliphatic carbocycles. The maximum Gasteiger partial charge on any atom is 0.416 e. The highest BCUT2D eigenvalue weighted by molar-refractivity contribution is 5.95. The van der Waals surface area contributed by atoms with Gasteiger partial charge in [-0.25, -0.2) is 0 Å². The molecule has 2 aromatic rings. The van der Waals surface area contributed by atoms with E-state index in [0.717, 1.165) is 12.1 Å². The lowest BCUT2D eigenvalue weighted by Crippen LogP contribution is -2.41. The lowest BCUT2D eigenvalue weighted by Gasteiger charge is -2.31. The van der Waals surface area contributed by atoms with Gasteiger partial charge in [-0.3, -0.25) is 9.59 Å². The summed E-state index contributed by atoms with van der Waals surface area (Å²) in [5.41, 5.74) is -0.596. The van der Waals surface area contributed by atoms with Gasteiger partial charge >= 0.3 is 6.18 Å². The zero-order chi connectivity index (χ0) is 19.6. The van der Waals surface area contributed by atoms with Gasteiger partial charge in [-0.2, -0.15) is 13.2 Å². The molecule has 1 aromatic heterocycles. The van der Waals surface area contributed by atoms with Crippen LogP contribution in [-0.4, -0.2) is 35.0 Å². The molecule has 1 N–H and O–H groups in total. The SMILES string of the molecule is Cc1cc(NC(=O)C2CCN(C(=O)c3ccc(C(F)(F)F)cc3)CC2)no1. The van der Waals surface area contributed by atoms with Crippen LogP contribution in [0.3, 0.4) is 0 Å². The lowest BCUT2D eigenvalue weighted by atomic mass is 9.95. The number of nitrogens with zero attached hydrogens (tertiary/aromatic N) is 2. The molecule has 0 radical (unpaired) electrons. The highest BCUT2D eigenvalue weighted by atomic mass is 19.4. The van der Waals surface area contributed by atoms with E-state index in [1.807, 2.05) is 0 Å². The van der Waals surface area contributed by atoms with Crippen LogP contribution < -0.4 is 5.32 Å². The van der Waals surface area contributed by atoms with Crippen molar-refractivity contribution in [3.63, 3.8) is 0 Å². The van der Waals surface area contributed by atoms with E-state index in [1.54, 1.807) is 17.9 Å². The van der Waals surface area contributed by atoms with Crippen molar-refractivity contribution in [3.8, 4) is 0 Å². The normalized spacial score (nSPS) is 15.6. The first kappa shape index (κ1) is 18.9. The van der Waals surface area contributed by atoms with Gasteiger partial charge in [0, 0.05) is 30.6 Å². The van der Waals surface area contributed by atoms with Crippen LogP contribution in [0.5, 0.6) is 0 Å². The summed E-state index contributed by atoms with van der Waals surface area (Å²) in [4.78, 5) is 26.3. The number of hydrogen-bond donors (Lipinski definition) is 1. The number of aryl methyl sites for hydroxylation is 1. The Hall–Kier alpha value is -2.84. The number of anilines is 1. The van der Waals surface area contributed by atoms with Crippen LogP contribution in [0.2, 0.25) is 0 Å². The number of nitrogens with one attached hydrogen (secondary N) is 1. The molecular weight excluding hydrogens is 363 g/mol. The van der Waals surface area contributed by atoms with Crippen molar-refractivity contribution < 1.29 is 27.3 Å². The summed E-state index contributed by atoms with van der Waals surface area (Å²) in [7, 11) is 0. The number of benzene rings is 1. The summed E-state index contributed by atoms with van der Waals surface area (Å²) >= 11 is 0. The second kappa shape index (κ2) is 7.42. The largest absolute Gasteiger partial charge is 0.416 e. The summed E-state index contributed by atoms with van der Waals surface area (Å²) in [6, 6.07) is 5.76. The van der Waals surface area contributed by atoms with E-state index < -0.39 is 11.7 Å². The number of aromatic nitrogens is 1. The highest BCUT2D eigenvalue weighted by Crippen LogP contribution is 2.29. The van der Waals surface area contributed by atoms with E-state index >= 15 is 0 Å². The molecule has 0 atom stereocenters. The summed E-state index contributed by atoms with van der Waals surface area (Å²) in [5.74, 6) is 0.140. The van der Waals surface area contributed by atoms with Gasteiger partial charge in [0.25, 0.3) is 5.91 Å². The van der Waals surface area contributed by atoms with E-state index in [2.05, 4.69) is 10.5 Å². The third-order valence-electron chi connectivity index (χ3n) is 4.49. The summed E-state index contributed by atoms with van der Waals surface area (Å²) in [6.07, 6.45) is -3.50. The zero-order valence-corrected chi connectivity index (χ0v) is 14.5. The first-order valence-electron chi connectivity index (χ1n) is 8.45. The topological polar surface area (TPSA) is 75.4 Å². The quantitative estimate of drug-likeness (QED) is 0.883. The fourth-order valence-electron chi connectivity index (χ4n) is 2.98. The molecule has 1 aromatic carbocycles. The smallest absolute Gasteiger partial charge is 0.360 e. The van der Waals surface area contributed by atoms with E-state index in [-0.39, 0.29) is 23.3 Å². The Morgan fingerprint density at radius 3 is 2.33 bits per heavy atom. The molecule has 9 heteroatoms. The Morgan fingerprint density at radius 1 is 1.19 bits per heavy atom. The van der Waals surface area contributed by atoms with Crippen molar-refractivity contribution in [2.24, 2.45) is 5.92 Å². The molecule has 0 spiro atoms. The average Bonchev–Trinajstić information content (AvgIpc) is 3.05. The van der Waals surface area contributed by atoms with Gasteiger partial charge < -0.3 is 14.7 Å². The lowest BCUT2D eigenvalue weighted by molar-refractivity contribution is -0.137. The molecule has 1 aliphatic heterocycles. The molecule has 0 saturated carbocycles. The molecule has 1 aliphatic rings. The molecule has 3 rings (SSSR count). The molecule has 2 heterocycles. The van der Waals surface area contributed by atoms with Crippen molar-refractivity contribution in [1.82, 2.24) is 10.1 Å². The van der Waals surface area contributed by atoms with E-state index in [9.17, 15) is 22.8 Å². The zero-order valence-electron chi connectivity index (χ0n) is 14.5. The van der Waals surface area contributed by atoms with Crippen LogP contribution in [0, 0.1) is 12.8 Å². The Kier molecular flexibility index (Phi) is 5.20. The van der Waals surface area contributed by atoms with Crippen LogP contribution in [-0.2, 0) is 11.0 Å². The van der Waals surface area contributed by atoms with Gasteiger partial charge in [0.2, 0.25) is 5.91 Å². The molecular formula is C18H18F3N3O3. The minimum atomic E-state index is -4.43. The Morgan fingerprint density at radius 2 is 1.81 bits per heavy atom. The van der Waals surface area contributed by atoms with Crippen molar-refractivity contribution in [2.45, 2.75) is 25.9 Å². The molecule has 6 nitrogen and oxygen atoms in total. The summed E-state index contributed by atoms with van der Waals surface area (Å²) in [5, 5.41) is 6.38. The van der Waals surface area contributed by atoms with Crippen molar-refractivity contribution in [1.29, 1.82) is 0 Å². The molecule has 0 bridgehead atoms. The second-order valence-electron chi connectivity index (χ2n) is 6.45. The highest BCUT2D eigenvalue weighted by Gasteiger charge is 2.31. The number of likely N-dealkylation sites (tertiary alicyclic amines) is 1. The number of carbonyl (C=O) groups is 2. The van der Waals surface area contributed by atoms with Crippen LogP contribution >= 0.6 is 0 Å². The summed E-state index contributed by atoms with van der Waals surface area (Å²) in [6.45, 7) is 2.43. The standard InChI is InChI=1S/C18H18F3N3O3/c1-11-10-15(23-27-11)22-16(25)12-6-8-24(9-7-12)17(26)13-2-4-14(5-3-13)18(19,20)21/h2-5,10,12H,6-9H2,1H3,(H,22,23,25). The predicted octanol–water partition coefficient (Wildman–Crippen LogP) is 3.49. The minimum absolute atomic E-state index is 0.190. The van der Waals surface area contributed by atoms with Gasteiger partial charge in [0.1, 0.15) is 5.76 Å². The number of hydrogen-bond acceptors (Lipinski definition) is 4. The Labute approximate surface area is 153 Å². The van der Waals surface area contributed by atoms with E-state index in [0.29, 0.717) is 37.5 Å². The average molecular weight is 381 g/mol. The number of alkyl halides is 3. The van der Waals surface area contributed by atoms with Gasteiger partial charge in [-0.1, -0.05) is 5.16 Å². The molecule has 27 heavy (non-hydrogen) atoms. The monoisotopic (exact) mass is 381 g/mol. The number of amides is 2. The number of rotatable bonds is 3. The first-order chi connectivity index (χ1) is 12.7. The predicted molar refractivity (Wildman–Crippen MR) is 89.9 cm³/mol. The minimum Gasteiger partial charge on any atom is -0.360 e. The fourth-order valence-corrected chi connectivity index (χ4v) is 2.98. The van der Waals surface area contributed by atoms with Crippen molar-refractivity contribution in [3.05, 3.63) is 47.2 Å². The first-order valence-corrected chi connectivity index (χ1v) is 8.45. The van der Waals surface area contributed by atoms with Gasteiger partial charge in [0.05, 0.1) is 5.56 Å². The molecule has 0 unspecified atom stereocenters. The van der Waals surface area contributed by atoms with Crippen LogP contribution in [0.1, 0.15) is 34.5 Å². The van der Waals surface area contributed by atoms with E-state index in [1.165, 1.54) is 12.1 Å². The van der Waals surface area contributed by atoms with E-state index in [4.69, 9.17) is 4.52 Å². The third-order valence-corrected chi connectivity index (χ3v) is 4.49. The number of carbonyl (C=O) groups excluding carboxylic acids is 2. The number of halogens is 3. The van der Waals surface area contributed by atoms with Crippen LogP contribution in [0.25, 0.3) is 0 Å². The van der Waals surface area contributed by atoms with Crippen LogP contribution in [0.4, 0.5) is 19.0 Å². The van der Waals surface area contributed by atoms with Gasteiger partial charge in [-0.15, -0.1) is 0 Å². The molecule has 1 fully saturated rings. The Balaban J connectivity index is 1.55. The summed E-state index contributed by atoms with van der Waals surface area (Å²) < 4.78 is 42.7. The number of piperidine rings is 1. The van der Waals surface area contributed by atoms with Crippen LogP contribution in [0.15, 0.2) is 34.9 Å². The second-order valence-corrected chi connectivity index (χ2v) is 6.45. The maximum absolute atomic E-state index is 12.6. The molecule has 1 saturated heterocycles. The molecule has 2 amide bonds. The van der Waals surface area contributed by atoms with Crippen molar-refractivity contribution in [2.75, 3.05) is 18.4 Å². The van der Waals surface area contributed by atoms with Gasteiger partial charge in [0.15, 0.2) is 5.82 Å². The molecule has 144 valence electrons. The maximum atomic E-state index is 12.6. The third kappa shape index (κ3) is 4.47. The Bertz CT molecular complexity index is 822. The fraction of sp³-hybridized carbons (Fsp3) is 0.389. The van der Waals surface area contributed by atoms with Crippen molar-refractivity contribution >= 4 is 17.6 Å². The van der Waals surface area contributed by atoms with Gasteiger partial charge in [-0.05, 0) is 44.0 Å².